The van der Waals surface area contributed by atoms with Gasteiger partial charge in [-0.05, 0) is 55.0 Å². The molecular formula is C18H15ClN2O3. The van der Waals surface area contributed by atoms with Gasteiger partial charge in [0.1, 0.15) is 0 Å². The van der Waals surface area contributed by atoms with Gasteiger partial charge in [-0.25, -0.2) is 0 Å². The van der Waals surface area contributed by atoms with Crippen LogP contribution in [0.4, 0.5) is 5.69 Å². The van der Waals surface area contributed by atoms with E-state index in [1.54, 1.807) is 49.4 Å². The minimum Gasteiger partial charge on any atom is -0.504 e. The standard InChI is InChI=1S/C18H15ClN2O3/c1-11-15(9-12-3-8-16(22)17(10-12)24-2)18(23)21(20-11)14-6-4-13(19)5-7-14/h3-10,22H,1-2H3/b15-9-. The van der Waals surface area contributed by atoms with Crippen molar-refractivity contribution in [3.8, 4) is 11.5 Å². The van der Waals surface area contributed by atoms with Gasteiger partial charge in [0.15, 0.2) is 11.5 Å². The summed E-state index contributed by atoms with van der Waals surface area (Å²) in [6.07, 6.45) is 1.72. The summed E-state index contributed by atoms with van der Waals surface area (Å²) in [4.78, 5) is 12.7. The van der Waals surface area contributed by atoms with Gasteiger partial charge in [-0.1, -0.05) is 17.7 Å². The largest absolute Gasteiger partial charge is 0.504 e. The van der Waals surface area contributed by atoms with Crippen LogP contribution in [0.3, 0.4) is 0 Å². The summed E-state index contributed by atoms with van der Waals surface area (Å²) < 4.78 is 5.09. The maximum atomic E-state index is 12.7. The highest BCUT2D eigenvalue weighted by Gasteiger charge is 2.28. The number of amides is 1. The van der Waals surface area contributed by atoms with Crippen molar-refractivity contribution in [1.82, 2.24) is 0 Å². The smallest absolute Gasteiger partial charge is 0.280 e. The molecule has 0 unspecified atom stereocenters. The highest BCUT2D eigenvalue weighted by atomic mass is 35.5. The highest BCUT2D eigenvalue weighted by Crippen LogP contribution is 2.29. The zero-order chi connectivity index (χ0) is 17.3. The van der Waals surface area contributed by atoms with Crippen LogP contribution < -0.4 is 9.75 Å². The molecule has 0 spiro atoms. The Hall–Kier alpha value is -2.79. The van der Waals surface area contributed by atoms with E-state index in [4.69, 9.17) is 16.3 Å². The predicted octanol–water partition coefficient (Wildman–Crippen LogP) is 3.86. The molecule has 6 heteroatoms. The second-order valence-corrected chi connectivity index (χ2v) is 5.70. The van der Waals surface area contributed by atoms with E-state index in [0.29, 0.717) is 27.7 Å². The SMILES string of the molecule is COc1cc(/C=C2\C(=O)N(c3ccc(Cl)cc3)N=C2C)ccc1O. The Morgan fingerprint density at radius 1 is 1.21 bits per heavy atom. The van der Waals surface area contributed by atoms with Crippen molar-refractivity contribution < 1.29 is 14.6 Å². The summed E-state index contributed by atoms with van der Waals surface area (Å²) in [7, 11) is 1.47. The summed E-state index contributed by atoms with van der Waals surface area (Å²) >= 11 is 5.88. The van der Waals surface area contributed by atoms with Crippen LogP contribution in [0.1, 0.15) is 12.5 Å². The molecule has 5 nitrogen and oxygen atoms in total. The second-order valence-electron chi connectivity index (χ2n) is 5.27. The lowest BCUT2D eigenvalue weighted by Gasteiger charge is -2.11. The number of phenolic OH excluding ortho intramolecular Hbond substituents is 1. The predicted molar refractivity (Wildman–Crippen MR) is 94.7 cm³/mol. The zero-order valence-electron chi connectivity index (χ0n) is 13.2. The van der Waals surface area contributed by atoms with Crippen LogP contribution in [0.5, 0.6) is 11.5 Å². The summed E-state index contributed by atoms with van der Waals surface area (Å²) in [5.74, 6) is 0.173. The Morgan fingerprint density at radius 3 is 2.58 bits per heavy atom. The maximum Gasteiger partial charge on any atom is 0.280 e. The minimum atomic E-state index is -0.220. The van der Waals surface area contributed by atoms with E-state index in [0.717, 1.165) is 5.56 Å². The van der Waals surface area contributed by atoms with Gasteiger partial charge in [-0.3, -0.25) is 4.79 Å². The average molecular weight is 343 g/mol. The number of phenols is 1. The number of halogens is 1. The number of carbonyl (C=O) groups excluding carboxylic acids is 1. The second kappa shape index (κ2) is 6.37. The summed E-state index contributed by atoms with van der Waals surface area (Å²) in [5, 5.41) is 15.9. The lowest BCUT2D eigenvalue weighted by Crippen LogP contribution is -2.21. The number of ether oxygens (including phenoxy) is 1. The van der Waals surface area contributed by atoms with E-state index in [9.17, 15) is 9.90 Å². The number of anilines is 1. The average Bonchev–Trinajstić information content (AvgIpc) is 2.85. The van der Waals surface area contributed by atoms with Gasteiger partial charge < -0.3 is 9.84 Å². The molecule has 0 saturated carbocycles. The molecule has 0 atom stereocenters. The molecule has 0 radical (unpaired) electrons. The van der Waals surface area contributed by atoms with Crippen LogP contribution in [0.25, 0.3) is 6.08 Å². The Labute approximate surface area is 144 Å². The fraction of sp³-hybridized carbons (Fsp3) is 0.111. The van der Waals surface area contributed by atoms with Gasteiger partial charge in [0.05, 0.1) is 24.1 Å². The van der Waals surface area contributed by atoms with Gasteiger partial charge in [0, 0.05) is 5.02 Å². The first kappa shape index (κ1) is 16.1. The molecule has 24 heavy (non-hydrogen) atoms. The number of carbonyl (C=O) groups is 1. The van der Waals surface area contributed by atoms with Crippen molar-refractivity contribution >= 4 is 35.0 Å². The minimum absolute atomic E-state index is 0.0468. The quantitative estimate of drug-likeness (QED) is 0.861. The number of rotatable bonds is 3. The van der Waals surface area contributed by atoms with Crippen LogP contribution in [0, 0.1) is 0 Å². The summed E-state index contributed by atoms with van der Waals surface area (Å²) in [5.41, 5.74) is 2.48. The van der Waals surface area contributed by atoms with Crippen molar-refractivity contribution in [3.63, 3.8) is 0 Å². The number of nitrogens with zero attached hydrogens (tertiary/aromatic N) is 2. The first-order valence-electron chi connectivity index (χ1n) is 7.24. The third kappa shape index (κ3) is 2.98. The van der Waals surface area contributed by atoms with Crippen LogP contribution >= 0.6 is 11.6 Å². The molecule has 1 aliphatic rings. The molecule has 0 fully saturated rings. The van der Waals surface area contributed by atoms with Crippen molar-refractivity contribution in [2.75, 3.05) is 12.1 Å². The van der Waals surface area contributed by atoms with Crippen LogP contribution in [0.15, 0.2) is 53.1 Å². The lowest BCUT2D eigenvalue weighted by molar-refractivity contribution is -0.114. The van der Waals surface area contributed by atoms with E-state index < -0.39 is 0 Å². The van der Waals surface area contributed by atoms with Crippen LogP contribution in [-0.2, 0) is 4.79 Å². The normalized spacial score (nSPS) is 15.8. The van der Waals surface area contributed by atoms with Crippen LogP contribution in [-0.4, -0.2) is 23.8 Å². The monoisotopic (exact) mass is 342 g/mol. The third-order valence-electron chi connectivity index (χ3n) is 3.65. The molecule has 3 rings (SSSR count). The number of methoxy groups -OCH3 is 1. The molecule has 1 aliphatic heterocycles. The van der Waals surface area contributed by atoms with Gasteiger partial charge in [-0.2, -0.15) is 10.1 Å². The summed E-state index contributed by atoms with van der Waals surface area (Å²) in [6.45, 7) is 1.78. The Balaban J connectivity index is 1.94. The fourth-order valence-corrected chi connectivity index (χ4v) is 2.52. The summed E-state index contributed by atoms with van der Waals surface area (Å²) in [6, 6.07) is 11.8. The number of benzene rings is 2. The highest BCUT2D eigenvalue weighted by molar-refractivity contribution is 6.32. The topological polar surface area (TPSA) is 62.1 Å². The molecule has 122 valence electrons. The molecule has 2 aromatic carbocycles. The number of hydrogen-bond acceptors (Lipinski definition) is 4. The van der Waals surface area contributed by atoms with Crippen molar-refractivity contribution in [2.24, 2.45) is 5.10 Å². The molecule has 1 heterocycles. The van der Waals surface area contributed by atoms with Gasteiger partial charge in [0.2, 0.25) is 0 Å². The van der Waals surface area contributed by atoms with Crippen molar-refractivity contribution in [2.45, 2.75) is 6.92 Å². The van der Waals surface area contributed by atoms with Gasteiger partial charge in [-0.15, -0.1) is 0 Å². The molecular weight excluding hydrogens is 328 g/mol. The van der Waals surface area contributed by atoms with Gasteiger partial charge in [0.25, 0.3) is 5.91 Å². The first-order chi connectivity index (χ1) is 11.5. The lowest BCUT2D eigenvalue weighted by atomic mass is 10.1. The fourth-order valence-electron chi connectivity index (χ4n) is 2.39. The molecule has 0 aliphatic carbocycles. The number of aromatic hydroxyl groups is 1. The Bertz CT molecular complexity index is 857. The molecule has 0 aromatic heterocycles. The van der Waals surface area contributed by atoms with E-state index in [2.05, 4.69) is 5.10 Å². The Kier molecular flexibility index (Phi) is 4.27. The van der Waals surface area contributed by atoms with Crippen molar-refractivity contribution in [1.29, 1.82) is 0 Å². The van der Waals surface area contributed by atoms with E-state index in [1.165, 1.54) is 18.2 Å². The first-order valence-corrected chi connectivity index (χ1v) is 7.61. The Morgan fingerprint density at radius 2 is 1.92 bits per heavy atom. The van der Waals surface area contributed by atoms with Crippen LogP contribution in [0.2, 0.25) is 5.02 Å². The molecule has 2 aromatic rings. The zero-order valence-corrected chi connectivity index (χ0v) is 13.9. The number of hydrogen-bond donors (Lipinski definition) is 1. The van der Waals surface area contributed by atoms with Gasteiger partial charge >= 0.3 is 0 Å². The third-order valence-corrected chi connectivity index (χ3v) is 3.90. The van der Waals surface area contributed by atoms with Crippen molar-refractivity contribution in [3.05, 3.63) is 58.6 Å². The number of hydrazone groups is 1. The van der Waals surface area contributed by atoms with E-state index in [1.807, 2.05) is 0 Å². The molecule has 1 amide bonds. The molecule has 0 bridgehead atoms. The maximum absolute atomic E-state index is 12.7. The van der Waals surface area contributed by atoms with E-state index >= 15 is 0 Å². The molecule has 1 N–H and O–H groups in total. The van der Waals surface area contributed by atoms with E-state index in [-0.39, 0.29) is 11.7 Å². The molecule has 0 saturated heterocycles.